The smallest absolute Gasteiger partial charge is 0.249 e. The van der Waals surface area contributed by atoms with Crippen LogP contribution in [0.1, 0.15) is 51.4 Å². The van der Waals surface area contributed by atoms with Crippen molar-refractivity contribution in [2.75, 3.05) is 5.75 Å². The van der Waals surface area contributed by atoms with Crippen LogP contribution in [0.25, 0.3) is 0 Å². The molecule has 0 radical (unpaired) electrons. The lowest BCUT2D eigenvalue weighted by atomic mass is 9.74. The second-order valence-electron chi connectivity index (χ2n) is 6.93. The zero-order valence-electron chi connectivity index (χ0n) is 13.0. The van der Waals surface area contributed by atoms with Gasteiger partial charge in [0, 0.05) is 35.9 Å². The summed E-state index contributed by atoms with van der Waals surface area (Å²) in [7, 11) is 0. The summed E-state index contributed by atoms with van der Waals surface area (Å²) in [6.45, 7) is 0. The van der Waals surface area contributed by atoms with Crippen LogP contribution in [0.5, 0.6) is 0 Å². The lowest BCUT2D eigenvalue weighted by Crippen LogP contribution is -2.47. The number of rotatable bonds is 2. The van der Waals surface area contributed by atoms with E-state index in [-0.39, 0.29) is 10.7 Å². The summed E-state index contributed by atoms with van der Waals surface area (Å²) in [6, 6.07) is 0.379. The van der Waals surface area contributed by atoms with Gasteiger partial charge in [0.05, 0.1) is 4.75 Å². The number of hydrogen-bond donors (Lipinski definition) is 1. The minimum atomic E-state index is 0.0860. The largest absolute Gasteiger partial charge is 0.350 e. The average Bonchev–Trinajstić information content (AvgIpc) is 2.98. The maximum Gasteiger partial charge on any atom is 0.249 e. The molecule has 1 saturated carbocycles. The van der Waals surface area contributed by atoms with Crippen LogP contribution >= 0.6 is 11.8 Å². The van der Waals surface area contributed by atoms with Crippen LogP contribution in [0.2, 0.25) is 0 Å². The van der Waals surface area contributed by atoms with Gasteiger partial charge >= 0.3 is 0 Å². The van der Waals surface area contributed by atoms with E-state index in [9.17, 15) is 4.79 Å². The van der Waals surface area contributed by atoms with E-state index in [1.807, 2.05) is 18.0 Å². The number of nitrogens with zero attached hydrogens (tertiary/aromatic N) is 1. The monoisotopic (exact) mass is 316 g/mol. The van der Waals surface area contributed by atoms with Crippen LogP contribution in [0.4, 0.5) is 0 Å². The van der Waals surface area contributed by atoms with Gasteiger partial charge in [-0.2, -0.15) is 0 Å². The van der Waals surface area contributed by atoms with E-state index < -0.39 is 0 Å². The van der Waals surface area contributed by atoms with Gasteiger partial charge < -0.3 is 5.32 Å². The molecule has 0 aromatic rings. The number of thioether (sulfide) groups is 1. The van der Waals surface area contributed by atoms with E-state index in [1.165, 1.54) is 25.0 Å². The highest BCUT2D eigenvalue weighted by atomic mass is 32.2. The minimum absolute atomic E-state index is 0.0860. The molecule has 4 aliphatic rings. The van der Waals surface area contributed by atoms with Crippen LogP contribution in [0.3, 0.4) is 0 Å². The number of nitrogens with one attached hydrogen (secondary N) is 1. The topological polar surface area (TPSA) is 41.5 Å². The van der Waals surface area contributed by atoms with Gasteiger partial charge in [0.2, 0.25) is 5.91 Å². The van der Waals surface area contributed by atoms with Crippen molar-refractivity contribution in [3.8, 4) is 0 Å². The first-order valence-corrected chi connectivity index (χ1v) is 9.65. The number of amides is 1. The van der Waals surface area contributed by atoms with Gasteiger partial charge in [-0.15, -0.1) is 11.8 Å². The molecular weight excluding hydrogens is 292 g/mol. The Labute approximate surface area is 136 Å². The molecule has 1 saturated heterocycles. The summed E-state index contributed by atoms with van der Waals surface area (Å²) in [5.41, 5.74) is 2.23. The molecule has 2 fully saturated rings. The molecule has 2 aliphatic carbocycles. The molecule has 0 bridgehead atoms. The first-order valence-electron chi connectivity index (χ1n) is 8.67. The Kier molecular flexibility index (Phi) is 3.89. The Morgan fingerprint density at radius 2 is 2.09 bits per heavy atom. The molecule has 2 aliphatic heterocycles. The predicted octanol–water partition coefficient (Wildman–Crippen LogP) is 3.62. The van der Waals surface area contributed by atoms with E-state index in [1.54, 1.807) is 0 Å². The molecule has 118 valence electrons. The van der Waals surface area contributed by atoms with Gasteiger partial charge in [-0.25, -0.2) is 0 Å². The van der Waals surface area contributed by atoms with Crippen LogP contribution in [0.15, 0.2) is 28.9 Å². The molecule has 0 aromatic carbocycles. The van der Waals surface area contributed by atoms with Crippen LogP contribution in [-0.2, 0) is 4.79 Å². The van der Waals surface area contributed by atoms with Crippen molar-refractivity contribution in [3.05, 3.63) is 23.9 Å². The molecule has 4 rings (SSSR count). The van der Waals surface area contributed by atoms with Crippen molar-refractivity contribution in [2.24, 2.45) is 10.9 Å². The fourth-order valence-electron chi connectivity index (χ4n) is 4.46. The number of hydrogen-bond acceptors (Lipinski definition) is 3. The highest BCUT2D eigenvalue weighted by Crippen LogP contribution is 2.53. The van der Waals surface area contributed by atoms with Gasteiger partial charge in [-0.1, -0.05) is 31.4 Å². The van der Waals surface area contributed by atoms with Gasteiger partial charge in [0.1, 0.15) is 0 Å². The van der Waals surface area contributed by atoms with Crippen molar-refractivity contribution in [3.63, 3.8) is 0 Å². The molecule has 2 atom stereocenters. The first kappa shape index (κ1) is 14.6. The molecule has 2 unspecified atom stereocenters. The SMILES string of the molecule is O=C(NC1CCCCC1)C1=CN=C2CC=CCC23SCCC13. The molecule has 1 spiro atoms. The molecule has 22 heavy (non-hydrogen) atoms. The first-order chi connectivity index (χ1) is 10.8. The minimum Gasteiger partial charge on any atom is -0.350 e. The predicted molar refractivity (Wildman–Crippen MR) is 92.2 cm³/mol. The second kappa shape index (κ2) is 5.88. The highest BCUT2D eigenvalue weighted by molar-refractivity contribution is 8.01. The average molecular weight is 316 g/mol. The molecule has 1 N–H and O–H groups in total. The van der Waals surface area contributed by atoms with Gasteiger partial charge in [-0.05, 0) is 31.4 Å². The summed E-state index contributed by atoms with van der Waals surface area (Å²) in [5, 5.41) is 3.29. The third-order valence-electron chi connectivity index (χ3n) is 5.65. The molecule has 2 heterocycles. The van der Waals surface area contributed by atoms with Crippen LogP contribution in [0, 0.1) is 5.92 Å². The van der Waals surface area contributed by atoms with Crippen molar-refractivity contribution in [1.29, 1.82) is 0 Å². The Morgan fingerprint density at radius 3 is 2.95 bits per heavy atom. The number of carbonyl (C=O) groups excluding carboxylic acids is 1. The van der Waals surface area contributed by atoms with E-state index >= 15 is 0 Å². The van der Waals surface area contributed by atoms with Crippen molar-refractivity contribution >= 4 is 23.4 Å². The summed E-state index contributed by atoms with van der Waals surface area (Å²) >= 11 is 2.02. The fraction of sp³-hybridized carbons (Fsp3) is 0.667. The normalized spacial score (nSPS) is 34.5. The maximum atomic E-state index is 12.8. The van der Waals surface area contributed by atoms with Crippen LogP contribution < -0.4 is 5.32 Å². The quantitative estimate of drug-likeness (QED) is 0.791. The lowest BCUT2D eigenvalue weighted by Gasteiger charge is -2.40. The fourth-order valence-corrected chi connectivity index (χ4v) is 6.14. The standard InChI is InChI=1S/C18H24N2OS/c21-17(20-13-6-2-1-3-7-13)14-12-19-16-8-4-5-10-18(16)15(14)9-11-22-18/h4-5,12-13,15H,1-3,6-11H2,(H,20,21). The van der Waals surface area contributed by atoms with Gasteiger partial charge in [0.15, 0.2) is 0 Å². The Bertz CT molecular complexity index is 559. The summed E-state index contributed by atoms with van der Waals surface area (Å²) in [4.78, 5) is 17.5. The molecule has 1 amide bonds. The molecular formula is C18H24N2OS. The van der Waals surface area contributed by atoms with E-state index in [4.69, 9.17) is 4.99 Å². The number of carbonyl (C=O) groups is 1. The van der Waals surface area contributed by atoms with Crippen molar-refractivity contribution < 1.29 is 4.79 Å². The lowest BCUT2D eigenvalue weighted by molar-refractivity contribution is -0.119. The summed E-state index contributed by atoms with van der Waals surface area (Å²) in [6.07, 6.45) is 15.6. The third kappa shape index (κ3) is 2.36. The van der Waals surface area contributed by atoms with Gasteiger partial charge in [0.25, 0.3) is 0 Å². The summed E-state index contributed by atoms with van der Waals surface area (Å²) < 4.78 is 0.0860. The Morgan fingerprint density at radius 1 is 1.23 bits per heavy atom. The Hall–Kier alpha value is -1.03. The molecule has 4 heteroatoms. The Balaban J connectivity index is 1.55. The number of aliphatic imine (C=N–C) groups is 1. The van der Waals surface area contributed by atoms with Crippen molar-refractivity contribution in [2.45, 2.75) is 62.2 Å². The molecule has 3 nitrogen and oxygen atoms in total. The maximum absolute atomic E-state index is 12.8. The molecule has 0 aromatic heterocycles. The van der Waals surface area contributed by atoms with Crippen LogP contribution in [-0.4, -0.2) is 28.2 Å². The zero-order chi connectivity index (χ0) is 15.0. The number of allylic oxidation sites excluding steroid dienone is 2. The highest BCUT2D eigenvalue weighted by Gasteiger charge is 2.51. The van der Waals surface area contributed by atoms with Gasteiger partial charge in [-0.3, -0.25) is 9.79 Å². The zero-order valence-corrected chi connectivity index (χ0v) is 13.8. The third-order valence-corrected chi connectivity index (χ3v) is 7.30. The van der Waals surface area contributed by atoms with Crippen molar-refractivity contribution in [1.82, 2.24) is 5.32 Å². The second-order valence-corrected chi connectivity index (χ2v) is 8.35. The van der Waals surface area contributed by atoms with E-state index in [0.29, 0.717) is 12.0 Å². The van der Waals surface area contributed by atoms with E-state index in [0.717, 1.165) is 43.4 Å². The summed E-state index contributed by atoms with van der Waals surface area (Å²) in [5.74, 6) is 1.65. The van der Waals surface area contributed by atoms with E-state index in [2.05, 4.69) is 17.5 Å².